The molecule has 1 N–H and O–H groups in total. The van der Waals surface area contributed by atoms with Crippen molar-refractivity contribution in [3.05, 3.63) is 65.7 Å². The molecule has 1 amide bonds. The second-order valence-corrected chi connectivity index (χ2v) is 6.72. The molecule has 0 aliphatic rings. The van der Waals surface area contributed by atoms with Crippen molar-refractivity contribution in [2.75, 3.05) is 13.2 Å². The van der Waals surface area contributed by atoms with Gasteiger partial charge in [-0.25, -0.2) is 9.59 Å². The van der Waals surface area contributed by atoms with Crippen LogP contribution < -0.4 is 10.1 Å². The summed E-state index contributed by atoms with van der Waals surface area (Å²) in [6, 6.07) is 16.9. The van der Waals surface area contributed by atoms with Crippen molar-refractivity contribution in [3.8, 4) is 5.75 Å². The van der Waals surface area contributed by atoms with Gasteiger partial charge in [0.15, 0.2) is 5.60 Å². The van der Waals surface area contributed by atoms with Crippen LogP contribution >= 0.6 is 0 Å². The zero-order valence-electron chi connectivity index (χ0n) is 16.6. The van der Waals surface area contributed by atoms with Crippen LogP contribution in [-0.2, 0) is 27.3 Å². The number of hydrogen-bond donors (Lipinski definition) is 1. The summed E-state index contributed by atoms with van der Waals surface area (Å²) in [6.07, 6.45) is 0.210. The first-order valence-corrected chi connectivity index (χ1v) is 9.30. The third kappa shape index (κ3) is 6.95. The lowest BCUT2D eigenvalue weighted by Crippen LogP contribution is -2.39. The molecule has 2 aromatic carbocycles. The Hall–Kier alpha value is -3.02. The van der Waals surface area contributed by atoms with E-state index in [-0.39, 0.29) is 6.61 Å². The third-order valence-corrected chi connectivity index (χ3v) is 3.96. The van der Waals surface area contributed by atoms with Crippen molar-refractivity contribution in [2.45, 2.75) is 39.4 Å². The summed E-state index contributed by atoms with van der Waals surface area (Å²) in [6.45, 7) is 6.12. The number of hydrogen-bond acceptors (Lipinski definition) is 5. The van der Waals surface area contributed by atoms with Gasteiger partial charge in [0.2, 0.25) is 0 Å². The summed E-state index contributed by atoms with van der Waals surface area (Å²) in [4.78, 5) is 23.6. The average molecular weight is 385 g/mol. The summed E-state index contributed by atoms with van der Waals surface area (Å²) in [5.74, 6) is 0.175. The third-order valence-electron chi connectivity index (χ3n) is 3.96. The summed E-state index contributed by atoms with van der Waals surface area (Å²) in [5.41, 5.74) is 0.922. The molecule has 0 heterocycles. The van der Waals surface area contributed by atoms with Crippen LogP contribution in [0.5, 0.6) is 5.75 Å². The summed E-state index contributed by atoms with van der Waals surface area (Å²) >= 11 is 0. The molecule has 0 fully saturated rings. The lowest BCUT2D eigenvalue weighted by atomic mass is 10.1. The summed E-state index contributed by atoms with van der Waals surface area (Å²) < 4.78 is 15.9. The lowest BCUT2D eigenvalue weighted by molar-refractivity contribution is -0.158. The zero-order valence-corrected chi connectivity index (χ0v) is 16.6. The highest BCUT2D eigenvalue weighted by Crippen LogP contribution is 2.20. The van der Waals surface area contributed by atoms with Crippen LogP contribution in [-0.4, -0.2) is 30.8 Å². The van der Waals surface area contributed by atoms with E-state index in [0.717, 1.165) is 11.1 Å². The predicted octanol–water partition coefficient (Wildman–Crippen LogP) is 3.88. The molecule has 2 rings (SSSR count). The van der Waals surface area contributed by atoms with E-state index in [1.165, 1.54) is 0 Å². The van der Waals surface area contributed by atoms with Crippen LogP contribution in [0.15, 0.2) is 54.6 Å². The minimum atomic E-state index is -1.05. The van der Waals surface area contributed by atoms with Gasteiger partial charge in [0, 0.05) is 6.54 Å². The predicted molar refractivity (Wildman–Crippen MR) is 106 cm³/mol. The molecule has 0 aliphatic carbocycles. The minimum absolute atomic E-state index is 0.245. The van der Waals surface area contributed by atoms with Gasteiger partial charge in [-0.2, -0.15) is 0 Å². The van der Waals surface area contributed by atoms with Crippen LogP contribution in [0.4, 0.5) is 4.79 Å². The number of alkyl carbamates (subject to hydrolysis) is 1. The van der Waals surface area contributed by atoms with E-state index in [0.29, 0.717) is 25.3 Å². The Labute approximate surface area is 165 Å². The number of amides is 1. The van der Waals surface area contributed by atoms with E-state index in [1.54, 1.807) is 32.9 Å². The van der Waals surface area contributed by atoms with Gasteiger partial charge in [0.1, 0.15) is 12.4 Å². The highest BCUT2D eigenvalue weighted by atomic mass is 16.6. The van der Waals surface area contributed by atoms with Crippen molar-refractivity contribution in [1.82, 2.24) is 5.32 Å². The number of ether oxygens (including phenoxy) is 3. The van der Waals surface area contributed by atoms with Crippen LogP contribution in [0, 0.1) is 0 Å². The zero-order chi connectivity index (χ0) is 20.4. The summed E-state index contributed by atoms with van der Waals surface area (Å²) in [7, 11) is 0. The SMILES string of the molecule is CCOC(=O)C(C)(C)Oc1ccc(CCNC(=O)OCc2ccccc2)cc1. The Kier molecular flexibility index (Phi) is 7.87. The number of benzene rings is 2. The maximum atomic E-state index is 11.9. The lowest BCUT2D eigenvalue weighted by Gasteiger charge is -2.24. The van der Waals surface area contributed by atoms with E-state index in [4.69, 9.17) is 14.2 Å². The fraction of sp³-hybridized carbons (Fsp3) is 0.364. The molecule has 150 valence electrons. The first-order valence-electron chi connectivity index (χ1n) is 9.30. The van der Waals surface area contributed by atoms with Crippen molar-refractivity contribution < 1.29 is 23.8 Å². The molecule has 0 saturated heterocycles. The second kappa shape index (κ2) is 10.3. The van der Waals surface area contributed by atoms with Gasteiger partial charge < -0.3 is 19.5 Å². The molecular formula is C22H27NO5. The molecule has 0 spiro atoms. The van der Waals surface area contributed by atoms with Gasteiger partial charge in [-0.3, -0.25) is 0 Å². The molecule has 0 unspecified atom stereocenters. The van der Waals surface area contributed by atoms with E-state index in [2.05, 4.69) is 5.32 Å². The fourth-order valence-electron chi connectivity index (χ4n) is 2.45. The Morgan fingerprint density at radius 1 is 0.929 bits per heavy atom. The molecule has 0 radical (unpaired) electrons. The van der Waals surface area contributed by atoms with Crippen molar-refractivity contribution >= 4 is 12.1 Å². The Balaban J connectivity index is 1.73. The second-order valence-electron chi connectivity index (χ2n) is 6.72. The molecule has 0 aliphatic heterocycles. The topological polar surface area (TPSA) is 73.9 Å². The van der Waals surface area contributed by atoms with Gasteiger partial charge in [0.05, 0.1) is 6.61 Å². The summed E-state index contributed by atoms with van der Waals surface area (Å²) in [5, 5.41) is 2.73. The normalized spacial score (nSPS) is 10.8. The maximum absolute atomic E-state index is 11.9. The highest BCUT2D eigenvalue weighted by molar-refractivity contribution is 5.79. The Morgan fingerprint density at radius 2 is 1.61 bits per heavy atom. The van der Waals surface area contributed by atoms with E-state index in [9.17, 15) is 9.59 Å². The van der Waals surface area contributed by atoms with Crippen LogP contribution in [0.3, 0.4) is 0 Å². The number of carbonyl (C=O) groups excluding carboxylic acids is 2. The quantitative estimate of drug-likeness (QED) is 0.663. The van der Waals surface area contributed by atoms with Crippen molar-refractivity contribution in [3.63, 3.8) is 0 Å². The standard InChI is InChI=1S/C22H27NO5/c1-4-26-20(24)22(2,3)28-19-12-10-17(11-13-19)14-15-23-21(25)27-16-18-8-6-5-7-9-18/h5-13H,4,14-16H2,1-3H3,(H,23,25). The number of rotatable bonds is 9. The van der Waals surface area contributed by atoms with E-state index >= 15 is 0 Å². The van der Waals surface area contributed by atoms with Gasteiger partial charge in [0.25, 0.3) is 0 Å². The first-order chi connectivity index (χ1) is 13.4. The maximum Gasteiger partial charge on any atom is 0.407 e. The number of nitrogens with one attached hydrogen (secondary N) is 1. The molecular weight excluding hydrogens is 358 g/mol. The molecule has 0 aromatic heterocycles. The van der Waals surface area contributed by atoms with E-state index in [1.807, 2.05) is 42.5 Å². The highest BCUT2D eigenvalue weighted by Gasteiger charge is 2.31. The van der Waals surface area contributed by atoms with Gasteiger partial charge in [-0.15, -0.1) is 0 Å². The van der Waals surface area contributed by atoms with E-state index < -0.39 is 17.7 Å². The van der Waals surface area contributed by atoms with Gasteiger partial charge in [-0.1, -0.05) is 42.5 Å². The molecule has 0 saturated carbocycles. The van der Waals surface area contributed by atoms with Crippen LogP contribution in [0.2, 0.25) is 0 Å². The number of esters is 1. The average Bonchev–Trinajstić information content (AvgIpc) is 2.68. The van der Waals surface area contributed by atoms with Crippen molar-refractivity contribution in [1.29, 1.82) is 0 Å². The molecule has 0 bridgehead atoms. The molecule has 28 heavy (non-hydrogen) atoms. The fourth-order valence-corrected chi connectivity index (χ4v) is 2.45. The van der Waals surface area contributed by atoms with Crippen molar-refractivity contribution in [2.24, 2.45) is 0 Å². The van der Waals surface area contributed by atoms with Gasteiger partial charge >= 0.3 is 12.1 Å². The monoisotopic (exact) mass is 385 g/mol. The Morgan fingerprint density at radius 3 is 2.25 bits per heavy atom. The van der Waals surface area contributed by atoms with Crippen LogP contribution in [0.1, 0.15) is 31.9 Å². The molecule has 6 heteroatoms. The Bertz CT molecular complexity index is 756. The minimum Gasteiger partial charge on any atom is -0.476 e. The smallest absolute Gasteiger partial charge is 0.407 e. The van der Waals surface area contributed by atoms with Gasteiger partial charge in [-0.05, 0) is 50.5 Å². The van der Waals surface area contributed by atoms with Crippen LogP contribution in [0.25, 0.3) is 0 Å². The number of carbonyl (C=O) groups is 2. The molecule has 0 atom stereocenters. The molecule has 2 aromatic rings. The molecule has 6 nitrogen and oxygen atoms in total. The first kappa shape index (κ1) is 21.3. The largest absolute Gasteiger partial charge is 0.476 e.